The third-order valence-electron chi connectivity index (χ3n) is 10.3. The van der Waals surface area contributed by atoms with E-state index >= 15 is 0 Å². The molecular weight excluding hydrogens is 398 g/mol. The molecule has 3 nitrogen and oxygen atoms in total. The highest BCUT2D eigenvalue weighted by Gasteiger charge is 2.58. The first-order valence-electron chi connectivity index (χ1n) is 13.1. The van der Waals surface area contributed by atoms with Gasteiger partial charge in [-0.2, -0.15) is 0 Å². The van der Waals surface area contributed by atoms with E-state index in [1.54, 1.807) is 0 Å². The predicted octanol–water partition coefficient (Wildman–Crippen LogP) is 6.85. The lowest BCUT2D eigenvalue weighted by Crippen LogP contribution is -2.57. The lowest BCUT2D eigenvalue weighted by molar-refractivity contribution is -0.118. The topological polar surface area (TPSA) is 38.3 Å². The third-order valence-corrected chi connectivity index (χ3v) is 16.5. The Labute approximate surface area is 192 Å². The maximum Gasteiger partial charge on any atom is 0.201 e. The van der Waals surface area contributed by atoms with Gasteiger partial charge < -0.3 is 9.74 Å². The normalized spacial score (nSPS) is 40.5. The number of ketones is 1. The van der Waals surface area contributed by atoms with Gasteiger partial charge in [0.1, 0.15) is 5.78 Å². The van der Waals surface area contributed by atoms with E-state index in [-0.39, 0.29) is 16.9 Å². The molecule has 176 valence electrons. The number of fused-ring (bicyclic) bond motifs is 5. The molecule has 31 heavy (non-hydrogen) atoms. The van der Waals surface area contributed by atoms with Crippen molar-refractivity contribution in [2.24, 2.45) is 28.6 Å². The molecule has 3 aliphatic carbocycles. The minimum absolute atomic E-state index is 0.230. The van der Waals surface area contributed by atoms with Gasteiger partial charge in [0.05, 0.1) is 6.10 Å². The fourth-order valence-corrected chi connectivity index (χ4v) is 14.3. The zero-order valence-electron chi connectivity index (χ0n) is 21.4. The molecule has 1 heterocycles. The van der Waals surface area contributed by atoms with E-state index in [0.29, 0.717) is 40.2 Å². The zero-order valence-corrected chi connectivity index (χ0v) is 22.4. The number of carbonyl (C=O) groups excluding carboxylic acids is 1. The Bertz CT molecular complexity index is 722. The van der Waals surface area contributed by atoms with E-state index in [4.69, 9.17) is 4.43 Å². The molecule has 0 radical (unpaired) electrons. The van der Waals surface area contributed by atoms with Gasteiger partial charge in [-0.05, 0) is 71.6 Å². The first-order valence-corrected chi connectivity index (χ1v) is 15.2. The van der Waals surface area contributed by atoms with Crippen molar-refractivity contribution in [2.75, 3.05) is 6.54 Å². The Kier molecular flexibility index (Phi) is 6.08. The van der Waals surface area contributed by atoms with Crippen LogP contribution in [0.3, 0.4) is 0 Å². The van der Waals surface area contributed by atoms with Gasteiger partial charge in [-0.15, -0.1) is 0 Å². The summed E-state index contributed by atoms with van der Waals surface area (Å²) in [5.74, 6) is 2.46. The maximum absolute atomic E-state index is 12.3. The third kappa shape index (κ3) is 3.59. The van der Waals surface area contributed by atoms with Gasteiger partial charge in [0.2, 0.25) is 8.32 Å². The van der Waals surface area contributed by atoms with Gasteiger partial charge in [0.15, 0.2) is 0 Å². The number of piperidine rings is 1. The fraction of sp³-hybridized carbons (Fsp3) is 0.889. The van der Waals surface area contributed by atoms with Crippen molar-refractivity contribution in [1.82, 2.24) is 5.32 Å². The minimum Gasteiger partial charge on any atom is -0.410 e. The molecule has 0 unspecified atom stereocenters. The smallest absolute Gasteiger partial charge is 0.201 e. The van der Waals surface area contributed by atoms with Crippen molar-refractivity contribution >= 4 is 14.1 Å². The number of Topliss-reactive ketones (excluding diaryl/α,β-unsaturated/α-hetero) is 1. The molecule has 0 aromatic heterocycles. The molecule has 6 atom stereocenters. The van der Waals surface area contributed by atoms with Crippen LogP contribution in [0.1, 0.15) is 93.9 Å². The van der Waals surface area contributed by atoms with Crippen molar-refractivity contribution in [1.29, 1.82) is 0 Å². The largest absolute Gasteiger partial charge is 0.410 e. The highest BCUT2D eigenvalue weighted by atomic mass is 28.4. The number of hydrogen-bond donors (Lipinski definition) is 1. The second-order valence-electron chi connectivity index (χ2n) is 12.9. The average molecular weight is 446 g/mol. The SMILES string of the molecule is CC(C)[Si](O[C@@H]1C=C2NC[C@H]3[C@@H]4CC(=O)C[C@@]4(C)CC[C@@H]3[C@@]2(C)CC1)(C(C)C)C(C)C. The number of carbonyl (C=O) groups is 1. The van der Waals surface area contributed by atoms with Gasteiger partial charge in [0, 0.05) is 30.5 Å². The van der Waals surface area contributed by atoms with Gasteiger partial charge >= 0.3 is 0 Å². The van der Waals surface area contributed by atoms with E-state index < -0.39 is 8.32 Å². The molecule has 4 rings (SSSR count). The average Bonchev–Trinajstić information content (AvgIpc) is 2.99. The summed E-state index contributed by atoms with van der Waals surface area (Å²) in [7, 11) is -1.88. The maximum atomic E-state index is 12.3. The number of rotatable bonds is 5. The number of hydrogen-bond acceptors (Lipinski definition) is 3. The van der Waals surface area contributed by atoms with Gasteiger partial charge in [-0.1, -0.05) is 55.4 Å². The Hall–Kier alpha value is -0.613. The van der Waals surface area contributed by atoms with Crippen LogP contribution in [0.2, 0.25) is 16.6 Å². The molecule has 0 aromatic rings. The van der Waals surface area contributed by atoms with Gasteiger partial charge in [-0.3, -0.25) is 4.79 Å². The molecule has 1 saturated heterocycles. The monoisotopic (exact) mass is 445 g/mol. The second kappa shape index (κ2) is 8.01. The van der Waals surface area contributed by atoms with E-state index in [1.807, 2.05) is 0 Å². The molecular formula is C27H47NO2Si. The summed E-state index contributed by atoms with van der Waals surface area (Å²) in [6.45, 7) is 20.3. The standard InChI is InChI=1S/C27H47NO2Si/c1-17(2)31(18(3)4,19(5)6)30-21-9-12-27(8)23-10-11-26(7)15-20(29)13-24(26)22(23)16-28-25(27)14-21/h14,17-19,21-24,28H,9-13,15-16H2,1-8H3/t21-,22+,23-,24-,26+,27+/m0/s1. The van der Waals surface area contributed by atoms with Crippen molar-refractivity contribution in [3.63, 3.8) is 0 Å². The van der Waals surface area contributed by atoms with Crippen LogP contribution in [-0.4, -0.2) is 26.7 Å². The molecule has 1 aliphatic heterocycles. The van der Waals surface area contributed by atoms with Crippen molar-refractivity contribution in [2.45, 2.75) is 117 Å². The molecule has 2 saturated carbocycles. The summed E-state index contributed by atoms with van der Waals surface area (Å²) in [5.41, 5.74) is 3.82. The molecule has 3 fully saturated rings. The van der Waals surface area contributed by atoms with Crippen LogP contribution in [0.15, 0.2) is 11.8 Å². The predicted molar refractivity (Wildman–Crippen MR) is 131 cm³/mol. The number of nitrogens with one attached hydrogen (secondary N) is 1. The Morgan fingerprint density at radius 3 is 2.26 bits per heavy atom. The Balaban J connectivity index is 1.58. The molecule has 0 amide bonds. The highest BCUT2D eigenvalue weighted by molar-refractivity contribution is 6.77. The van der Waals surface area contributed by atoms with E-state index in [0.717, 1.165) is 25.8 Å². The first-order chi connectivity index (χ1) is 14.4. The molecule has 4 aliphatic rings. The van der Waals surface area contributed by atoms with Crippen LogP contribution in [0.4, 0.5) is 0 Å². The second-order valence-corrected chi connectivity index (χ2v) is 18.3. The molecule has 0 aromatic carbocycles. The minimum atomic E-state index is -1.88. The molecule has 1 N–H and O–H groups in total. The molecule has 0 bridgehead atoms. The van der Waals surface area contributed by atoms with Gasteiger partial charge in [-0.25, -0.2) is 0 Å². The van der Waals surface area contributed by atoms with Crippen LogP contribution in [-0.2, 0) is 9.22 Å². The van der Waals surface area contributed by atoms with Crippen LogP contribution in [0.5, 0.6) is 0 Å². The van der Waals surface area contributed by atoms with E-state index in [2.05, 4.69) is 66.8 Å². The lowest BCUT2D eigenvalue weighted by atomic mass is 9.51. The van der Waals surface area contributed by atoms with E-state index in [9.17, 15) is 4.79 Å². The van der Waals surface area contributed by atoms with E-state index in [1.165, 1.54) is 25.0 Å². The summed E-state index contributed by atoms with van der Waals surface area (Å²) in [6.07, 6.45) is 9.27. The highest BCUT2D eigenvalue weighted by Crippen LogP contribution is 2.62. The van der Waals surface area contributed by atoms with Gasteiger partial charge in [0.25, 0.3) is 0 Å². The summed E-state index contributed by atoms with van der Waals surface area (Å²) >= 11 is 0. The van der Waals surface area contributed by atoms with Crippen LogP contribution >= 0.6 is 0 Å². The number of allylic oxidation sites excluding steroid dienone is 1. The fourth-order valence-electron chi connectivity index (χ4n) is 8.82. The summed E-state index contributed by atoms with van der Waals surface area (Å²) in [5, 5.41) is 3.89. The lowest BCUT2D eigenvalue weighted by Gasteiger charge is -2.58. The Morgan fingerprint density at radius 1 is 1.00 bits per heavy atom. The molecule has 4 heteroatoms. The first kappa shape index (κ1) is 23.5. The quantitative estimate of drug-likeness (QED) is 0.470. The summed E-state index contributed by atoms with van der Waals surface area (Å²) < 4.78 is 7.17. The molecule has 0 spiro atoms. The zero-order chi connectivity index (χ0) is 22.8. The van der Waals surface area contributed by atoms with Crippen LogP contribution in [0.25, 0.3) is 0 Å². The summed E-state index contributed by atoms with van der Waals surface area (Å²) in [4.78, 5) is 12.3. The van der Waals surface area contributed by atoms with Crippen LogP contribution < -0.4 is 5.32 Å². The van der Waals surface area contributed by atoms with Crippen molar-refractivity contribution in [3.05, 3.63) is 11.8 Å². The summed E-state index contributed by atoms with van der Waals surface area (Å²) in [6, 6.07) is 0. The Morgan fingerprint density at radius 2 is 1.65 bits per heavy atom. The van der Waals surface area contributed by atoms with Crippen molar-refractivity contribution < 1.29 is 9.22 Å². The van der Waals surface area contributed by atoms with Crippen molar-refractivity contribution in [3.8, 4) is 0 Å². The van der Waals surface area contributed by atoms with Crippen LogP contribution in [0, 0.1) is 28.6 Å².